The van der Waals surface area contributed by atoms with E-state index >= 15 is 0 Å². The van der Waals surface area contributed by atoms with E-state index in [4.69, 9.17) is 0 Å². The Labute approximate surface area is 92.2 Å². The maximum absolute atomic E-state index is 11.0. The summed E-state index contributed by atoms with van der Waals surface area (Å²) in [5.74, 6) is -0.314. The molecule has 5 heteroatoms. The van der Waals surface area contributed by atoms with Gasteiger partial charge in [0.15, 0.2) is 5.78 Å². The average Bonchev–Trinajstić information content (AvgIpc) is 2.27. The van der Waals surface area contributed by atoms with Crippen molar-refractivity contribution < 1.29 is 14.8 Å². The summed E-state index contributed by atoms with van der Waals surface area (Å²) in [6, 6.07) is 5.34. The van der Waals surface area contributed by atoms with Gasteiger partial charge >= 0.3 is 0 Å². The Morgan fingerprint density at radius 3 is 2.31 bits per heavy atom. The van der Waals surface area contributed by atoms with Crippen molar-refractivity contribution in [3.8, 4) is 0 Å². The predicted molar refractivity (Wildman–Crippen MR) is 57.9 cm³/mol. The maximum atomic E-state index is 11.0. The van der Waals surface area contributed by atoms with Crippen LogP contribution in [-0.2, 0) is 4.79 Å². The van der Waals surface area contributed by atoms with Gasteiger partial charge in [0, 0.05) is 17.7 Å². The summed E-state index contributed by atoms with van der Waals surface area (Å²) in [7, 11) is 0. The third-order valence-corrected chi connectivity index (χ3v) is 2.20. The molecule has 1 rings (SSSR count). The minimum Gasteiger partial charge on any atom is -0.384 e. The number of carbonyl (C=O) groups excluding carboxylic acids is 1. The van der Waals surface area contributed by atoms with Crippen LogP contribution in [0.25, 0.3) is 0 Å². The number of hydrogen-bond donors (Lipinski definition) is 1. The number of Topliss-reactive ketones (excluding diaryl/α,β-unsaturated/α-hetero) is 1. The first kappa shape index (κ1) is 12.1. The smallest absolute Gasteiger partial charge is 0.269 e. The quantitative estimate of drug-likeness (QED) is 0.477. The second-order valence-electron chi connectivity index (χ2n) is 3.33. The van der Waals surface area contributed by atoms with E-state index in [1.165, 1.54) is 31.2 Å². The monoisotopic (exact) mass is 221 g/mol. The van der Waals surface area contributed by atoms with Crippen molar-refractivity contribution in [2.75, 3.05) is 0 Å². The van der Waals surface area contributed by atoms with E-state index < -0.39 is 11.0 Å². The summed E-state index contributed by atoms with van der Waals surface area (Å²) >= 11 is 0. The molecule has 0 unspecified atom stereocenters. The number of non-ortho nitro benzene ring substituents is 1. The van der Waals surface area contributed by atoms with Crippen LogP contribution in [0.5, 0.6) is 0 Å². The maximum Gasteiger partial charge on any atom is 0.269 e. The lowest BCUT2D eigenvalue weighted by Gasteiger charge is -2.11. The highest BCUT2D eigenvalue weighted by molar-refractivity contribution is 5.93. The molecule has 0 aliphatic rings. The highest BCUT2D eigenvalue weighted by Gasteiger charge is 2.16. The summed E-state index contributed by atoms with van der Waals surface area (Å²) < 4.78 is 0. The first-order valence-electron chi connectivity index (χ1n) is 4.55. The summed E-state index contributed by atoms with van der Waals surface area (Å²) in [6.07, 6.45) is -1.11. The van der Waals surface area contributed by atoms with Gasteiger partial charge in [0.1, 0.15) is 6.10 Å². The van der Waals surface area contributed by atoms with Gasteiger partial charge in [-0.2, -0.15) is 0 Å². The average molecular weight is 221 g/mol. The van der Waals surface area contributed by atoms with Crippen molar-refractivity contribution in [3.05, 3.63) is 52.1 Å². The zero-order chi connectivity index (χ0) is 12.3. The van der Waals surface area contributed by atoms with Gasteiger partial charge in [0.2, 0.25) is 0 Å². The molecule has 0 fully saturated rings. The van der Waals surface area contributed by atoms with Gasteiger partial charge in [-0.15, -0.1) is 0 Å². The van der Waals surface area contributed by atoms with Crippen molar-refractivity contribution in [2.24, 2.45) is 0 Å². The summed E-state index contributed by atoms with van der Waals surface area (Å²) in [4.78, 5) is 20.8. The Balaban J connectivity index is 2.94. The lowest BCUT2D eigenvalue weighted by Crippen LogP contribution is -2.07. The molecule has 0 amide bonds. The Morgan fingerprint density at radius 2 is 1.94 bits per heavy atom. The number of aliphatic hydroxyl groups excluding tert-OH is 1. The molecule has 1 atom stereocenters. The van der Waals surface area contributed by atoms with Gasteiger partial charge in [0.05, 0.1) is 4.92 Å². The molecule has 0 heterocycles. The van der Waals surface area contributed by atoms with Crippen LogP contribution in [0.1, 0.15) is 18.6 Å². The van der Waals surface area contributed by atoms with Gasteiger partial charge < -0.3 is 5.11 Å². The lowest BCUT2D eigenvalue weighted by molar-refractivity contribution is -0.384. The molecule has 0 bridgehead atoms. The molecule has 0 aromatic heterocycles. The fourth-order valence-corrected chi connectivity index (χ4v) is 1.17. The van der Waals surface area contributed by atoms with Crippen molar-refractivity contribution in [1.82, 2.24) is 0 Å². The fraction of sp³-hybridized carbons (Fsp3) is 0.182. The van der Waals surface area contributed by atoms with E-state index in [0.717, 1.165) is 0 Å². The summed E-state index contributed by atoms with van der Waals surface area (Å²) in [5.41, 5.74) is 0.407. The van der Waals surface area contributed by atoms with Crippen LogP contribution in [0, 0.1) is 10.1 Å². The second-order valence-corrected chi connectivity index (χ2v) is 3.33. The zero-order valence-corrected chi connectivity index (χ0v) is 8.71. The predicted octanol–water partition coefficient (Wildman–Crippen LogP) is 1.77. The number of rotatable bonds is 4. The second kappa shape index (κ2) is 4.67. The Morgan fingerprint density at radius 1 is 1.44 bits per heavy atom. The van der Waals surface area contributed by atoms with Crippen molar-refractivity contribution >= 4 is 11.5 Å². The molecule has 0 saturated carbocycles. The molecule has 5 nitrogen and oxygen atoms in total. The van der Waals surface area contributed by atoms with Crippen LogP contribution in [0.15, 0.2) is 36.4 Å². The van der Waals surface area contributed by atoms with Gasteiger partial charge in [-0.25, -0.2) is 0 Å². The fourth-order valence-electron chi connectivity index (χ4n) is 1.17. The highest BCUT2D eigenvalue weighted by atomic mass is 16.6. The number of nitro groups is 1. The van der Waals surface area contributed by atoms with Crippen molar-refractivity contribution in [3.63, 3.8) is 0 Å². The standard InChI is InChI=1S/C11H11NO4/c1-7(8(2)13)11(14)9-3-5-10(6-4-9)12(15)16/h3-6,11,14H,1H2,2H3/t11-/m1/s1. The van der Waals surface area contributed by atoms with Gasteiger partial charge in [-0.1, -0.05) is 6.58 Å². The van der Waals surface area contributed by atoms with E-state index in [1.807, 2.05) is 0 Å². The molecule has 1 aromatic carbocycles. The lowest BCUT2D eigenvalue weighted by atomic mass is 10.0. The third kappa shape index (κ3) is 2.52. The van der Waals surface area contributed by atoms with E-state index in [-0.39, 0.29) is 17.0 Å². The van der Waals surface area contributed by atoms with E-state index in [2.05, 4.69) is 6.58 Å². The molecule has 16 heavy (non-hydrogen) atoms. The number of carbonyl (C=O) groups is 1. The van der Waals surface area contributed by atoms with Crippen LogP contribution in [-0.4, -0.2) is 15.8 Å². The van der Waals surface area contributed by atoms with Crippen molar-refractivity contribution in [1.29, 1.82) is 0 Å². The van der Waals surface area contributed by atoms with Gasteiger partial charge in [-0.05, 0) is 24.6 Å². The normalized spacial score (nSPS) is 11.9. The third-order valence-electron chi connectivity index (χ3n) is 2.20. The molecule has 0 spiro atoms. The Kier molecular flexibility index (Phi) is 3.52. The molecule has 0 saturated heterocycles. The largest absolute Gasteiger partial charge is 0.384 e. The molecule has 0 aliphatic heterocycles. The number of aliphatic hydroxyl groups is 1. The highest BCUT2D eigenvalue weighted by Crippen LogP contribution is 2.22. The number of hydrogen-bond acceptors (Lipinski definition) is 4. The number of ketones is 1. The minimum atomic E-state index is -1.11. The first-order chi connectivity index (χ1) is 7.43. The number of nitro benzene ring substituents is 1. The zero-order valence-electron chi connectivity index (χ0n) is 8.71. The summed E-state index contributed by atoms with van der Waals surface area (Å²) in [6.45, 7) is 4.76. The van der Waals surface area contributed by atoms with E-state index in [1.54, 1.807) is 0 Å². The van der Waals surface area contributed by atoms with E-state index in [0.29, 0.717) is 5.56 Å². The SMILES string of the molecule is C=C(C(C)=O)[C@@H](O)c1ccc([N+](=O)[O-])cc1. The van der Waals surface area contributed by atoms with Gasteiger partial charge in [0.25, 0.3) is 5.69 Å². The van der Waals surface area contributed by atoms with Crippen LogP contribution < -0.4 is 0 Å². The van der Waals surface area contributed by atoms with Crippen LogP contribution >= 0.6 is 0 Å². The topological polar surface area (TPSA) is 80.4 Å². The minimum absolute atomic E-state index is 0.0638. The van der Waals surface area contributed by atoms with Crippen LogP contribution in [0.4, 0.5) is 5.69 Å². The number of nitrogens with zero attached hydrogens (tertiary/aromatic N) is 1. The Hall–Kier alpha value is -2.01. The molecular weight excluding hydrogens is 210 g/mol. The van der Waals surface area contributed by atoms with Crippen molar-refractivity contribution in [2.45, 2.75) is 13.0 Å². The first-order valence-corrected chi connectivity index (χ1v) is 4.55. The molecule has 0 radical (unpaired) electrons. The summed E-state index contributed by atoms with van der Waals surface area (Å²) in [5, 5.41) is 20.1. The van der Waals surface area contributed by atoms with Crippen LogP contribution in [0.2, 0.25) is 0 Å². The van der Waals surface area contributed by atoms with Gasteiger partial charge in [-0.3, -0.25) is 14.9 Å². The number of benzene rings is 1. The molecule has 84 valence electrons. The molecular formula is C11H11NO4. The van der Waals surface area contributed by atoms with Crippen LogP contribution in [0.3, 0.4) is 0 Å². The molecule has 1 aromatic rings. The molecule has 0 aliphatic carbocycles. The van der Waals surface area contributed by atoms with E-state index in [9.17, 15) is 20.0 Å². The molecule has 1 N–H and O–H groups in total. The Bertz CT molecular complexity index is 436.